The van der Waals surface area contributed by atoms with Crippen LogP contribution in [0.1, 0.15) is 34.5 Å². The van der Waals surface area contributed by atoms with Crippen LogP contribution in [-0.4, -0.2) is 18.1 Å². The summed E-state index contributed by atoms with van der Waals surface area (Å²) in [5.74, 6) is -0.316. The molecule has 1 aromatic heterocycles. The van der Waals surface area contributed by atoms with Gasteiger partial charge in [-0.2, -0.15) is 0 Å². The van der Waals surface area contributed by atoms with E-state index in [9.17, 15) is 4.79 Å². The molecular formula is C11H13NO2. The number of carbonyl (C=O) groups is 1. The van der Waals surface area contributed by atoms with E-state index in [1.807, 2.05) is 6.07 Å². The summed E-state index contributed by atoms with van der Waals surface area (Å²) in [5, 5.41) is 0. The molecule has 0 saturated carbocycles. The van der Waals surface area contributed by atoms with Gasteiger partial charge in [-0.3, -0.25) is 0 Å². The van der Waals surface area contributed by atoms with Crippen LogP contribution in [0.3, 0.4) is 0 Å². The molecule has 0 unspecified atom stereocenters. The normalized spacial score (nSPS) is 14.6. The van der Waals surface area contributed by atoms with Gasteiger partial charge in [0.2, 0.25) is 0 Å². The molecule has 0 radical (unpaired) electrons. The summed E-state index contributed by atoms with van der Waals surface area (Å²) in [6.07, 6.45) is 6.05. The molecule has 0 aromatic carbocycles. The number of aromatic nitrogens is 1. The fraction of sp³-hybridized carbons (Fsp3) is 0.455. The number of ether oxygens (including phenoxy) is 1. The minimum Gasteiger partial charge on any atom is -0.464 e. The number of aryl methyl sites for hydroxylation is 1. The van der Waals surface area contributed by atoms with E-state index in [1.165, 1.54) is 19.1 Å². The minimum atomic E-state index is -0.316. The van der Waals surface area contributed by atoms with Crippen molar-refractivity contribution in [3.63, 3.8) is 0 Å². The van der Waals surface area contributed by atoms with Crippen LogP contribution in [0, 0.1) is 0 Å². The lowest BCUT2D eigenvalue weighted by Crippen LogP contribution is -2.13. The number of carbonyl (C=O) groups excluding carboxylic acids is 1. The lowest BCUT2D eigenvalue weighted by molar-refractivity contribution is 0.0592. The Morgan fingerprint density at radius 3 is 3.00 bits per heavy atom. The molecule has 1 heterocycles. The molecule has 1 aliphatic rings. The first-order chi connectivity index (χ1) is 6.83. The zero-order valence-electron chi connectivity index (χ0n) is 8.25. The van der Waals surface area contributed by atoms with Crippen LogP contribution in [0.25, 0.3) is 0 Å². The Morgan fingerprint density at radius 2 is 2.21 bits per heavy atom. The SMILES string of the molecule is COC(=O)c1nccc2c1CCCC2. The van der Waals surface area contributed by atoms with Gasteiger partial charge in [-0.1, -0.05) is 0 Å². The van der Waals surface area contributed by atoms with Gasteiger partial charge in [0.15, 0.2) is 5.69 Å². The number of rotatable bonds is 1. The molecule has 0 N–H and O–H groups in total. The lowest BCUT2D eigenvalue weighted by Gasteiger charge is -2.16. The molecule has 0 spiro atoms. The second kappa shape index (κ2) is 3.78. The highest BCUT2D eigenvalue weighted by atomic mass is 16.5. The number of pyridine rings is 1. The number of esters is 1. The maximum absolute atomic E-state index is 11.4. The standard InChI is InChI=1S/C11H13NO2/c1-14-11(13)10-9-5-3-2-4-8(9)6-7-12-10/h6-7H,2-5H2,1H3. The second-order valence-electron chi connectivity index (χ2n) is 3.50. The van der Waals surface area contributed by atoms with E-state index in [-0.39, 0.29) is 5.97 Å². The molecule has 74 valence electrons. The Labute approximate surface area is 83.1 Å². The van der Waals surface area contributed by atoms with Crippen LogP contribution in [0.2, 0.25) is 0 Å². The van der Waals surface area contributed by atoms with Crippen LogP contribution in [0.15, 0.2) is 12.3 Å². The number of methoxy groups -OCH3 is 1. The second-order valence-corrected chi connectivity index (χ2v) is 3.50. The van der Waals surface area contributed by atoms with Crippen molar-refractivity contribution >= 4 is 5.97 Å². The average Bonchev–Trinajstić information content (AvgIpc) is 2.27. The molecule has 1 aromatic rings. The summed E-state index contributed by atoms with van der Waals surface area (Å²) in [4.78, 5) is 15.5. The molecule has 0 bridgehead atoms. The van der Waals surface area contributed by atoms with E-state index in [0.717, 1.165) is 24.8 Å². The third-order valence-electron chi connectivity index (χ3n) is 2.65. The number of nitrogens with zero attached hydrogens (tertiary/aromatic N) is 1. The van der Waals surface area contributed by atoms with Gasteiger partial charge in [0.25, 0.3) is 0 Å². The first kappa shape index (κ1) is 9.19. The van der Waals surface area contributed by atoms with Gasteiger partial charge >= 0.3 is 5.97 Å². The first-order valence-electron chi connectivity index (χ1n) is 4.88. The summed E-state index contributed by atoms with van der Waals surface area (Å²) in [5.41, 5.74) is 2.85. The Balaban J connectivity index is 2.45. The van der Waals surface area contributed by atoms with Crippen LogP contribution in [0.5, 0.6) is 0 Å². The molecule has 0 atom stereocenters. The van der Waals surface area contributed by atoms with Crippen molar-refractivity contribution in [1.29, 1.82) is 0 Å². The van der Waals surface area contributed by atoms with Crippen molar-refractivity contribution in [2.75, 3.05) is 7.11 Å². The number of hydrogen-bond acceptors (Lipinski definition) is 3. The van der Waals surface area contributed by atoms with Crippen LogP contribution < -0.4 is 0 Å². The highest BCUT2D eigenvalue weighted by molar-refractivity contribution is 5.89. The predicted octanol–water partition coefficient (Wildman–Crippen LogP) is 1.75. The molecule has 2 rings (SSSR count). The highest BCUT2D eigenvalue weighted by Crippen LogP contribution is 2.23. The van der Waals surface area contributed by atoms with E-state index in [4.69, 9.17) is 4.74 Å². The topological polar surface area (TPSA) is 39.2 Å². The molecule has 0 saturated heterocycles. The van der Waals surface area contributed by atoms with Crippen molar-refractivity contribution in [1.82, 2.24) is 4.98 Å². The Kier molecular flexibility index (Phi) is 2.48. The van der Waals surface area contributed by atoms with E-state index in [2.05, 4.69) is 4.98 Å². The van der Waals surface area contributed by atoms with Crippen molar-refractivity contribution in [2.45, 2.75) is 25.7 Å². The molecular weight excluding hydrogens is 178 g/mol. The summed E-state index contributed by atoms with van der Waals surface area (Å²) >= 11 is 0. The summed E-state index contributed by atoms with van der Waals surface area (Å²) < 4.78 is 4.70. The maximum atomic E-state index is 11.4. The number of fused-ring (bicyclic) bond motifs is 1. The molecule has 0 amide bonds. The van der Waals surface area contributed by atoms with Crippen LogP contribution >= 0.6 is 0 Å². The Morgan fingerprint density at radius 1 is 1.43 bits per heavy atom. The Bertz CT molecular complexity index is 360. The van der Waals surface area contributed by atoms with E-state index >= 15 is 0 Å². The Hall–Kier alpha value is -1.38. The largest absolute Gasteiger partial charge is 0.464 e. The van der Waals surface area contributed by atoms with E-state index in [0.29, 0.717) is 5.69 Å². The molecule has 14 heavy (non-hydrogen) atoms. The first-order valence-corrected chi connectivity index (χ1v) is 4.88. The van der Waals surface area contributed by atoms with Gasteiger partial charge in [0.1, 0.15) is 0 Å². The predicted molar refractivity (Wildman–Crippen MR) is 52.2 cm³/mol. The molecule has 1 aliphatic carbocycles. The fourth-order valence-corrected chi connectivity index (χ4v) is 1.94. The van der Waals surface area contributed by atoms with E-state index in [1.54, 1.807) is 6.20 Å². The van der Waals surface area contributed by atoms with Gasteiger partial charge in [-0.25, -0.2) is 9.78 Å². The smallest absolute Gasteiger partial charge is 0.356 e. The van der Waals surface area contributed by atoms with Gasteiger partial charge in [0.05, 0.1) is 7.11 Å². The lowest BCUT2D eigenvalue weighted by atomic mass is 9.91. The molecule has 0 aliphatic heterocycles. The summed E-state index contributed by atoms with van der Waals surface area (Å²) in [6, 6.07) is 2.00. The number of hydrogen-bond donors (Lipinski definition) is 0. The van der Waals surface area contributed by atoms with Crippen molar-refractivity contribution < 1.29 is 9.53 Å². The van der Waals surface area contributed by atoms with Crippen molar-refractivity contribution in [3.8, 4) is 0 Å². The van der Waals surface area contributed by atoms with Gasteiger partial charge < -0.3 is 4.74 Å². The molecule has 0 fully saturated rings. The van der Waals surface area contributed by atoms with Crippen LogP contribution in [-0.2, 0) is 17.6 Å². The zero-order chi connectivity index (χ0) is 9.97. The monoisotopic (exact) mass is 191 g/mol. The summed E-state index contributed by atoms with van der Waals surface area (Å²) in [6.45, 7) is 0. The molecule has 3 nitrogen and oxygen atoms in total. The van der Waals surface area contributed by atoms with Crippen LogP contribution in [0.4, 0.5) is 0 Å². The zero-order valence-corrected chi connectivity index (χ0v) is 8.25. The minimum absolute atomic E-state index is 0.316. The maximum Gasteiger partial charge on any atom is 0.356 e. The van der Waals surface area contributed by atoms with Gasteiger partial charge in [0, 0.05) is 6.20 Å². The highest BCUT2D eigenvalue weighted by Gasteiger charge is 2.18. The molecule has 3 heteroatoms. The quantitative estimate of drug-likeness (QED) is 0.635. The average molecular weight is 191 g/mol. The fourth-order valence-electron chi connectivity index (χ4n) is 1.94. The van der Waals surface area contributed by atoms with E-state index < -0.39 is 0 Å². The third-order valence-corrected chi connectivity index (χ3v) is 2.65. The van der Waals surface area contributed by atoms with Gasteiger partial charge in [-0.15, -0.1) is 0 Å². The van der Waals surface area contributed by atoms with Crippen molar-refractivity contribution in [2.24, 2.45) is 0 Å². The third kappa shape index (κ3) is 1.50. The van der Waals surface area contributed by atoms with Crippen molar-refractivity contribution in [3.05, 3.63) is 29.1 Å². The van der Waals surface area contributed by atoms with Gasteiger partial charge in [-0.05, 0) is 42.9 Å². The summed E-state index contributed by atoms with van der Waals surface area (Å²) in [7, 11) is 1.40.